The number of carbonyl (C=O) groups excluding carboxylic acids is 2. The molecule has 0 spiro atoms. The van der Waals surface area contributed by atoms with Crippen LogP contribution in [0.15, 0.2) is 60.7 Å². The highest BCUT2D eigenvalue weighted by Gasteiger charge is 2.14. The Labute approximate surface area is 182 Å². The lowest BCUT2D eigenvalue weighted by molar-refractivity contribution is 0.0534. The molecule has 0 aliphatic carbocycles. The van der Waals surface area contributed by atoms with Crippen LogP contribution in [0.2, 0.25) is 0 Å². The van der Waals surface area contributed by atoms with Crippen LogP contribution in [0.25, 0.3) is 0 Å². The molecule has 3 N–H and O–H groups in total. The fraction of sp³-hybridized carbons (Fsp3) is 0.304. The number of ether oxygens (including phenoxy) is 3. The number of para-hydroxylation sites is 2. The number of nitrogens with one attached hydrogen (secondary N) is 3. The Morgan fingerprint density at radius 3 is 2.13 bits per heavy atom. The maximum absolute atomic E-state index is 12.0. The zero-order valence-corrected chi connectivity index (χ0v) is 18.2. The van der Waals surface area contributed by atoms with Crippen LogP contribution >= 0.6 is 0 Å². The first-order valence-corrected chi connectivity index (χ1v) is 9.84. The van der Waals surface area contributed by atoms with E-state index < -0.39 is 11.7 Å². The van der Waals surface area contributed by atoms with Gasteiger partial charge in [0.15, 0.2) is 11.5 Å². The van der Waals surface area contributed by atoms with Crippen LogP contribution in [-0.4, -0.2) is 37.9 Å². The van der Waals surface area contributed by atoms with Gasteiger partial charge < -0.3 is 30.2 Å². The number of carbonyl (C=O) groups is 2. The third kappa shape index (κ3) is 9.12. The lowest BCUT2D eigenvalue weighted by Crippen LogP contribution is -2.32. The van der Waals surface area contributed by atoms with Gasteiger partial charge in [-0.05, 0) is 57.2 Å². The molecule has 31 heavy (non-hydrogen) atoms. The van der Waals surface area contributed by atoms with Gasteiger partial charge in [-0.2, -0.15) is 0 Å². The monoisotopic (exact) mass is 427 g/mol. The van der Waals surface area contributed by atoms with Gasteiger partial charge in [-0.15, -0.1) is 0 Å². The van der Waals surface area contributed by atoms with Crippen LogP contribution < -0.4 is 25.4 Å². The summed E-state index contributed by atoms with van der Waals surface area (Å²) in [6.45, 7) is 6.02. The average Bonchev–Trinajstić information content (AvgIpc) is 2.71. The summed E-state index contributed by atoms with van der Waals surface area (Å²) in [6, 6.07) is 14.0. The molecule has 0 saturated heterocycles. The number of amides is 3. The normalized spacial score (nSPS) is 11.0. The average molecular weight is 428 g/mol. The summed E-state index contributed by atoms with van der Waals surface area (Å²) in [6.07, 6.45) is 2.98. The smallest absolute Gasteiger partial charge is 0.407 e. The van der Waals surface area contributed by atoms with Crippen molar-refractivity contribution in [3.63, 3.8) is 0 Å². The molecule has 166 valence electrons. The molecule has 2 rings (SSSR count). The van der Waals surface area contributed by atoms with Gasteiger partial charge in [0.1, 0.15) is 11.4 Å². The number of benzene rings is 2. The number of hydrogen-bond donors (Lipinski definition) is 3. The van der Waals surface area contributed by atoms with Crippen LogP contribution in [0.1, 0.15) is 20.8 Å². The van der Waals surface area contributed by atoms with Crippen molar-refractivity contribution >= 4 is 17.8 Å². The van der Waals surface area contributed by atoms with Crippen LogP contribution in [-0.2, 0) is 4.74 Å². The van der Waals surface area contributed by atoms with E-state index in [9.17, 15) is 9.59 Å². The summed E-state index contributed by atoms with van der Waals surface area (Å²) in [7, 11) is 1.58. The second-order valence-electron chi connectivity index (χ2n) is 7.47. The van der Waals surface area contributed by atoms with Crippen molar-refractivity contribution in [1.82, 2.24) is 10.6 Å². The van der Waals surface area contributed by atoms with Crippen LogP contribution in [0, 0.1) is 0 Å². The number of rotatable bonds is 8. The zero-order chi connectivity index (χ0) is 22.7. The molecule has 0 fully saturated rings. The van der Waals surface area contributed by atoms with Gasteiger partial charge in [0, 0.05) is 18.8 Å². The van der Waals surface area contributed by atoms with Gasteiger partial charge in [-0.3, -0.25) is 0 Å². The number of anilines is 1. The molecule has 2 aromatic rings. The summed E-state index contributed by atoms with van der Waals surface area (Å²) in [5.74, 6) is 1.87. The largest absolute Gasteiger partial charge is 0.493 e. The van der Waals surface area contributed by atoms with E-state index in [1.165, 1.54) is 0 Å². The SMILES string of the molecule is COc1ccccc1Oc1ccc(NC(=O)NCC=CCNC(=O)OC(C)(C)C)cc1. The van der Waals surface area contributed by atoms with Gasteiger partial charge in [0.05, 0.1) is 7.11 Å². The third-order valence-electron chi connectivity index (χ3n) is 3.72. The number of urea groups is 1. The van der Waals surface area contributed by atoms with Gasteiger partial charge in [0.2, 0.25) is 0 Å². The summed E-state index contributed by atoms with van der Waals surface area (Å²) < 4.78 is 16.2. The zero-order valence-electron chi connectivity index (χ0n) is 18.2. The van der Waals surface area contributed by atoms with Crippen molar-refractivity contribution in [3.8, 4) is 17.2 Å². The van der Waals surface area contributed by atoms with Crippen molar-refractivity contribution in [2.24, 2.45) is 0 Å². The van der Waals surface area contributed by atoms with E-state index in [2.05, 4.69) is 16.0 Å². The van der Waals surface area contributed by atoms with Gasteiger partial charge in [0.25, 0.3) is 0 Å². The fourth-order valence-electron chi connectivity index (χ4n) is 2.39. The molecule has 0 radical (unpaired) electrons. The molecule has 2 aromatic carbocycles. The van der Waals surface area contributed by atoms with Crippen LogP contribution in [0.4, 0.5) is 15.3 Å². The number of alkyl carbamates (subject to hydrolysis) is 1. The molecule has 8 nitrogen and oxygen atoms in total. The first-order chi connectivity index (χ1) is 14.8. The molecule has 0 heterocycles. The Bertz CT molecular complexity index is 889. The molecule has 0 saturated carbocycles. The Hall–Kier alpha value is -3.68. The third-order valence-corrected chi connectivity index (χ3v) is 3.72. The molecule has 0 atom stereocenters. The predicted molar refractivity (Wildman–Crippen MR) is 120 cm³/mol. The second kappa shape index (κ2) is 11.5. The Morgan fingerprint density at radius 1 is 0.903 bits per heavy atom. The molecular weight excluding hydrogens is 398 g/mol. The van der Waals surface area contributed by atoms with Crippen molar-refractivity contribution in [3.05, 3.63) is 60.7 Å². The summed E-state index contributed by atoms with van der Waals surface area (Å²) >= 11 is 0. The maximum Gasteiger partial charge on any atom is 0.407 e. The summed E-state index contributed by atoms with van der Waals surface area (Å²) in [5.41, 5.74) is 0.0899. The highest BCUT2D eigenvalue weighted by Crippen LogP contribution is 2.31. The minimum atomic E-state index is -0.536. The van der Waals surface area contributed by atoms with Gasteiger partial charge >= 0.3 is 12.1 Å². The topological polar surface area (TPSA) is 97.9 Å². The van der Waals surface area contributed by atoms with E-state index >= 15 is 0 Å². The minimum Gasteiger partial charge on any atom is -0.493 e. The fourth-order valence-corrected chi connectivity index (χ4v) is 2.39. The molecule has 0 aliphatic heterocycles. The molecule has 3 amide bonds. The van der Waals surface area contributed by atoms with E-state index in [1.54, 1.807) is 64.3 Å². The quantitative estimate of drug-likeness (QED) is 0.531. The maximum atomic E-state index is 12.0. The van der Waals surface area contributed by atoms with Gasteiger partial charge in [-0.25, -0.2) is 9.59 Å². The molecule has 0 aromatic heterocycles. The van der Waals surface area contributed by atoms with Crippen LogP contribution in [0.3, 0.4) is 0 Å². The Kier molecular flexibility index (Phi) is 8.75. The summed E-state index contributed by atoms with van der Waals surface area (Å²) in [5, 5.41) is 8.04. The van der Waals surface area contributed by atoms with Gasteiger partial charge in [-0.1, -0.05) is 24.3 Å². The minimum absolute atomic E-state index is 0.311. The molecule has 0 bridgehead atoms. The van der Waals surface area contributed by atoms with E-state index in [0.717, 1.165) is 0 Å². The van der Waals surface area contributed by atoms with Crippen LogP contribution in [0.5, 0.6) is 17.2 Å². The predicted octanol–water partition coefficient (Wildman–Crippen LogP) is 4.69. The van der Waals surface area contributed by atoms with E-state index in [-0.39, 0.29) is 6.03 Å². The lowest BCUT2D eigenvalue weighted by Gasteiger charge is -2.19. The highest BCUT2D eigenvalue weighted by molar-refractivity contribution is 5.89. The highest BCUT2D eigenvalue weighted by atomic mass is 16.6. The first kappa shape index (κ1) is 23.6. The Morgan fingerprint density at radius 2 is 1.52 bits per heavy atom. The summed E-state index contributed by atoms with van der Waals surface area (Å²) in [4.78, 5) is 23.5. The van der Waals surface area contributed by atoms with E-state index in [1.807, 2.05) is 24.3 Å². The van der Waals surface area contributed by atoms with E-state index in [0.29, 0.717) is 36.0 Å². The van der Waals surface area contributed by atoms with Crippen molar-refractivity contribution in [2.75, 3.05) is 25.5 Å². The van der Waals surface area contributed by atoms with Crippen molar-refractivity contribution < 1.29 is 23.8 Å². The standard InChI is InChI=1S/C23H29N3O5/c1-23(2,3)31-22(28)25-16-8-7-15-24-21(27)26-17-11-13-18(14-12-17)30-20-10-6-5-9-19(20)29-4/h5-14H,15-16H2,1-4H3,(H,25,28)(H2,24,26,27). The Balaban J connectivity index is 1.71. The molecular formula is C23H29N3O5. The lowest BCUT2D eigenvalue weighted by atomic mass is 10.2. The number of hydrogen-bond acceptors (Lipinski definition) is 5. The van der Waals surface area contributed by atoms with Crippen molar-refractivity contribution in [2.45, 2.75) is 26.4 Å². The molecule has 0 aliphatic rings. The molecule has 8 heteroatoms. The van der Waals surface area contributed by atoms with Crippen molar-refractivity contribution in [1.29, 1.82) is 0 Å². The van der Waals surface area contributed by atoms with E-state index in [4.69, 9.17) is 14.2 Å². The molecule has 0 unspecified atom stereocenters. The second-order valence-corrected chi connectivity index (χ2v) is 7.47. The number of methoxy groups -OCH3 is 1. The first-order valence-electron chi connectivity index (χ1n) is 9.84.